The van der Waals surface area contributed by atoms with E-state index >= 15 is 0 Å². The summed E-state index contributed by atoms with van der Waals surface area (Å²) in [4.78, 5) is 12.5. The zero-order chi connectivity index (χ0) is 21.4. The molecular formula is C21H29N3O4S. The normalized spacial score (nSPS) is 12.4. The van der Waals surface area contributed by atoms with Crippen LogP contribution in [0.5, 0.6) is 5.75 Å². The van der Waals surface area contributed by atoms with E-state index in [2.05, 4.69) is 10.6 Å². The maximum atomic E-state index is 13.0. The number of anilines is 2. The van der Waals surface area contributed by atoms with Gasteiger partial charge < -0.3 is 15.4 Å². The molecule has 8 heteroatoms. The van der Waals surface area contributed by atoms with Crippen LogP contribution in [0.3, 0.4) is 0 Å². The third-order valence-electron chi connectivity index (χ3n) is 4.38. The fraction of sp³-hybridized carbons (Fsp3) is 0.381. The number of nitrogens with one attached hydrogen (secondary N) is 2. The van der Waals surface area contributed by atoms with Crippen LogP contribution in [0.15, 0.2) is 53.4 Å². The van der Waals surface area contributed by atoms with Crippen molar-refractivity contribution < 1.29 is 17.9 Å². The first-order valence-electron chi connectivity index (χ1n) is 9.72. The third kappa shape index (κ3) is 5.71. The van der Waals surface area contributed by atoms with Gasteiger partial charge in [0.05, 0.1) is 6.61 Å². The monoisotopic (exact) mass is 419 g/mol. The number of para-hydroxylation sites is 1. The van der Waals surface area contributed by atoms with E-state index in [1.807, 2.05) is 18.2 Å². The molecule has 0 aliphatic heterocycles. The van der Waals surface area contributed by atoms with Crippen molar-refractivity contribution in [3.8, 4) is 5.75 Å². The number of carbonyl (C=O) groups excluding carboxylic acids is 1. The number of hydrogen-bond acceptors (Lipinski definition) is 5. The SMILES string of the molecule is CCOc1ccc(N[C@@H](C)C(=O)Nc2ccccc2)cc1S(=O)(=O)N(CC)CC. The molecule has 1 amide bonds. The van der Waals surface area contributed by atoms with E-state index in [-0.39, 0.29) is 10.8 Å². The molecule has 0 spiro atoms. The van der Waals surface area contributed by atoms with E-state index in [1.54, 1.807) is 52.0 Å². The minimum Gasteiger partial charge on any atom is -0.492 e. The molecule has 0 saturated carbocycles. The van der Waals surface area contributed by atoms with E-state index in [0.29, 0.717) is 36.8 Å². The highest BCUT2D eigenvalue weighted by Gasteiger charge is 2.26. The summed E-state index contributed by atoms with van der Waals surface area (Å²) in [5.41, 5.74) is 1.22. The van der Waals surface area contributed by atoms with Gasteiger partial charge in [0.15, 0.2) is 0 Å². The predicted octanol–water partition coefficient (Wildman–Crippen LogP) is 3.55. The van der Waals surface area contributed by atoms with Crippen molar-refractivity contribution in [1.29, 1.82) is 0 Å². The molecular weight excluding hydrogens is 390 g/mol. The first kappa shape index (κ1) is 22.7. The van der Waals surface area contributed by atoms with E-state index in [1.165, 1.54) is 10.4 Å². The summed E-state index contributed by atoms with van der Waals surface area (Å²) in [7, 11) is -3.71. The zero-order valence-corrected chi connectivity index (χ0v) is 18.1. The number of hydrogen-bond donors (Lipinski definition) is 2. The van der Waals surface area contributed by atoms with E-state index in [4.69, 9.17) is 4.74 Å². The summed E-state index contributed by atoms with van der Waals surface area (Å²) in [5.74, 6) is 0.0737. The van der Waals surface area contributed by atoms with Gasteiger partial charge in [-0.05, 0) is 44.2 Å². The van der Waals surface area contributed by atoms with Crippen LogP contribution in [0.2, 0.25) is 0 Å². The second-order valence-electron chi connectivity index (χ2n) is 6.41. The molecule has 29 heavy (non-hydrogen) atoms. The summed E-state index contributed by atoms with van der Waals surface area (Å²) in [5, 5.41) is 5.89. The molecule has 2 aromatic carbocycles. The molecule has 7 nitrogen and oxygen atoms in total. The van der Waals surface area contributed by atoms with Gasteiger partial charge in [0.1, 0.15) is 16.7 Å². The first-order chi connectivity index (χ1) is 13.8. The van der Waals surface area contributed by atoms with Crippen LogP contribution < -0.4 is 15.4 Å². The van der Waals surface area contributed by atoms with Gasteiger partial charge in [-0.3, -0.25) is 4.79 Å². The lowest BCUT2D eigenvalue weighted by Gasteiger charge is -2.22. The van der Waals surface area contributed by atoms with E-state index in [0.717, 1.165) is 0 Å². The number of sulfonamides is 1. The van der Waals surface area contributed by atoms with Crippen molar-refractivity contribution in [3.63, 3.8) is 0 Å². The number of nitrogens with zero attached hydrogens (tertiary/aromatic N) is 1. The van der Waals surface area contributed by atoms with Gasteiger partial charge in [0, 0.05) is 24.5 Å². The Morgan fingerprint density at radius 1 is 1.03 bits per heavy atom. The van der Waals surface area contributed by atoms with Crippen molar-refractivity contribution in [2.24, 2.45) is 0 Å². The molecule has 0 bridgehead atoms. The summed E-state index contributed by atoms with van der Waals surface area (Å²) < 4.78 is 33.0. The van der Waals surface area contributed by atoms with Crippen LogP contribution in [0.4, 0.5) is 11.4 Å². The molecule has 158 valence electrons. The highest BCUT2D eigenvalue weighted by Crippen LogP contribution is 2.30. The molecule has 0 unspecified atom stereocenters. The number of ether oxygens (including phenoxy) is 1. The standard InChI is InChI=1S/C21H29N3O4S/c1-5-24(6-2)29(26,27)20-15-18(13-14-19(20)28-7-3)22-16(4)21(25)23-17-11-9-8-10-12-17/h8-16,22H,5-7H2,1-4H3,(H,23,25)/t16-/m0/s1. The second-order valence-corrected chi connectivity index (χ2v) is 8.31. The predicted molar refractivity (Wildman–Crippen MR) is 116 cm³/mol. The molecule has 0 radical (unpaired) electrons. The lowest BCUT2D eigenvalue weighted by Crippen LogP contribution is -2.32. The van der Waals surface area contributed by atoms with Gasteiger partial charge in [0.2, 0.25) is 15.9 Å². The number of benzene rings is 2. The van der Waals surface area contributed by atoms with Crippen LogP contribution in [0, 0.1) is 0 Å². The topological polar surface area (TPSA) is 87.7 Å². The summed E-state index contributed by atoms with van der Waals surface area (Å²) >= 11 is 0. The van der Waals surface area contributed by atoms with Gasteiger partial charge in [-0.25, -0.2) is 8.42 Å². The Labute approximate surface area is 173 Å². The Morgan fingerprint density at radius 2 is 1.69 bits per heavy atom. The summed E-state index contributed by atoms with van der Waals surface area (Å²) in [6.07, 6.45) is 0. The molecule has 2 rings (SSSR count). The van der Waals surface area contributed by atoms with Gasteiger partial charge in [-0.15, -0.1) is 0 Å². The first-order valence-corrected chi connectivity index (χ1v) is 11.2. The Kier molecular flexibility index (Phi) is 8.04. The Morgan fingerprint density at radius 3 is 2.28 bits per heavy atom. The fourth-order valence-corrected chi connectivity index (χ4v) is 4.48. The average molecular weight is 420 g/mol. The quantitative estimate of drug-likeness (QED) is 0.615. The number of rotatable bonds is 10. The summed E-state index contributed by atoms with van der Waals surface area (Å²) in [6, 6.07) is 13.4. The van der Waals surface area contributed by atoms with E-state index < -0.39 is 16.1 Å². The molecule has 0 aromatic heterocycles. The smallest absolute Gasteiger partial charge is 0.246 e. The molecule has 0 aliphatic carbocycles. The van der Waals surface area contributed by atoms with Crippen LogP contribution in [0.25, 0.3) is 0 Å². The molecule has 2 N–H and O–H groups in total. The Hall–Kier alpha value is -2.58. The lowest BCUT2D eigenvalue weighted by molar-refractivity contribution is -0.116. The maximum Gasteiger partial charge on any atom is 0.246 e. The maximum absolute atomic E-state index is 13.0. The highest BCUT2D eigenvalue weighted by molar-refractivity contribution is 7.89. The van der Waals surface area contributed by atoms with Crippen molar-refractivity contribution >= 4 is 27.3 Å². The van der Waals surface area contributed by atoms with E-state index in [9.17, 15) is 13.2 Å². The van der Waals surface area contributed by atoms with Gasteiger partial charge >= 0.3 is 0 Å². The minimum atomic E-state index is -3.71. The number of carbonyl (C=O) groups is 1. The lowest BCUT2D eigenvalue weighted by atomic mass is 10.2. The molecule has 2 aromatic rings. The second kappa shape index (κ2) is 10.3. The average Bonchev–Trinajstić information content (AvgIpc) is 2.70. The molecule has 0 heterocycles. The van der Waals surface area contributed by atoms with Crippen LogP contribution in [-0.2, 0) is 14.8 Å². The minimum absolute atomic E-state index is 0.0868. The molecule has 0 saturated heterocycles. The van der Waals surface area contributed by atoms with Crippen LogP contribution in [0.1, 0.15) is 27.7 Å². The van der Waals surface area contributed by atoms with Crippen LogP contribution in [-0.4, -0.2) is 44.4 Å². The van der Waals surface area contributed by atoms with Gasteiger partial charge in [-0.1, -0.05) is 32.0 Å². The van der Waals surface area contributed by atoms with Gasteiger partial charge in [0.25, 0.3) is 0 Å². The zero-order valence-electron chi connectivity index (χ0n) is 17.3. The Bertz CT molecular complexity index is 913. The van der Waals surface area contributed by atoms with Gasteiger partial charge in [-0.2, -0.15) is 4.31 Å². The Balaban J connectivity index is 2.26. The third-order valence-corrected chi connectivity index (χ3v) is 6.46. The van der Waals surface area contributed by atoms with Crippen LogP contribution >= 0.6 is 0 Å². The molecule has 0 fully saturated rings. The number of amides is 1. The molecule has 0 aliphatic rings. The molecule has 1 atom stereocenters. The largest absolute Gasteiger partial charge is 0.492 e. The van der Waals surface area contributed by atoms with Crippen molar-refractivity contribution in [1.82, 2.24) is 4.31 Å². The summed E-state index contributed by atoms with van der Waals surface area (Å²) in [6.45, 7) is 8.17. The highest BCUT2D eigenvalue weighted by atomic mass is 32.2. The van der Waals surface area contributed by atoms with Crippen molar-refractivity contribution in [2.45, 2.75) is 38.6 Å². The van der Waals surface area contributed by atoms with Crippen molar-refractivity contribution in [3.05, 3.63) is 48.5 Å². The van der Waals surface area contributed by atoms with Crippen molar-refractivity contribution in [2.75, 3.05) is 30.3 Å². The fourth-order valence-electron chi connectivity index (χ4n) is 2.86.